The van der Waals surface area contributed by atoms with Crippen molar-refractivity contribution in [3.05, 3.63) is 18.2 Å². The zero-order valence-corrected chi connectivity index (χ0v) is 13.1. The molecule has 1 atom stereocenters. The van der Waals surface area contributed by atoms with Gasteiger partial charge >= 0.3 is 6.18 Å². The van der Waals surface area contributed by atoms with Crippen LogP contribution in [0.3, 0.4) is 0 Å². The maximum atomic E-state index is 12.2. The first-order valence-corrected chi connectivity index (χ1v) is 7.12. The number of nitrogens with zero attached hydrogens (tertiary/aromatic N) is 1. The highest BCUT2D eigenvalue weighted by atomic mass is 19.4. The summed E-state index contributed by atoms with van der Waals surface area (Å²) in [5, 5.41) is 1.81. The van der Waals surface area contributed by atoms with Crippen molar-refractivity contribution in [1.29, 1.82) is 0 Å². The van der Waals surface area contributed by atoms with Gasteiger partial charge in [-0.1, -0.05) is 0 Å². The fourth-order valence-electron chi connectivity index (χ4n) is 2.46. The van der Waals surface area contributed by atoms with Crippen LogP contribution in [0.25, 0.3) is 0 Å². The minimum absolute atomic E-state index is 0.00872. The summed E-state index contributed by atoms with van der Waals surface area (Å²) in [5.74, 6) is -1.09. The van der Waals surface area contributed by atoms with E-state index in [-0.39, 0.29) is 18.9 Å². The molecule has 1 aliphatic rings. The quantitative estimate of drug-likeness (QED) is 0.882. The fourth-order valence-corrected chi connectivity index (χ4v) is 2.46. The van der Waals surface area contributed by atoms with Crippen LogP contribution in [0.2, 0.25) is 0 Å². The summed E-state index contributed by atoms with van der Waals surface area (Å²) in [7, 11) is 2.91. The topological polar surface area (TPSA) is 67.9 Å². The number of amides is 2. The lowest BCUT2D eigenvalue weighted by molar-refractivity contribution is -0.140. The summed E-state index contributed by atoms with van der Waals surface area (Å²) in [6.45, 7) is -1.42. The maximum absolute atomic E-state index is 12.2. The summed E-state index contributed by atoms with van der Waals surface area (Å²) in [6, 6.07) is 4.81. The molecule has 9 heteroatoms. The third-order valence-corrected chi connectivity index (χ3v) is 3.64. The molecule has 0 spiro atoms. The summed E-state index contributed by atoms with van der Waals surface area (Å²) in [4.78, 5) is 25.3. The number of rotatable bonds is 5. The Balaban J connectivity index is 2.11. The van der Waals surface area contributed by atoms with Crippen molar-refractivity contribution in [2.24, 2.45) is 5.92 Å². The number of ether oxygens (including phenoxy) is 2. The Morgan fingerprint density at radius 1 is 1.33 bits per heavy atom. The van der Waals surface area contributed by atoms with Gasteiger partial charge in [0.05, 0.1) is 25.8 Å². The molecule has 2 amide bonds. The number of methoxy groups -OCH3 is 2. The lowest BCUT2D eigenvalue weighted by atomic mass is 10.1. The average molecular weight is 346 g/mol. The van der Waals surface area contributed by atoms with Crippen LogP contribution >= 0.6 is 0 Å². The SMILES string of the molecule is COc1ccc(N2CC(C(=O)NCC(F)(F)F)CC2=O)c(OC)c1. The molecule has 1 aromatic rings. The largest absolute Gasteiger partial charge is 0.497 e. The van der Waals surface area contributed by atoms with Gasteiger partial charge in [0.1, 0.15) is 18.0 Å². The zero-order valence-electron chi connectivity index (χ0n) is 13.1. The molecule has 1 fully saturated rings. The number of nitrogens with one attached hydrogen (secondary N) is 1. The van der Waals surface area contributed by atoms with E-state index < -0.39 is 24.5 Å². The van der Waals surface area contributed by atoms with Gasteiger partial charge in [0.2, 0.25) is 11.8 Å². The van der Waals surface area contributed by atoms with Gasteiger partial charge in [-0.3, -0.25) is 9.59 Å². The molecule has 1 saturated heterocycles. The lowest BCUT2D eigenvalue weighted by Crippen LogP contribution is -2.38. The molecule has 6 nitrogen and oxygen atoms in total. The van der Waals surface area contributed by atoms with E-state index >= 15 is 0 Å². The van der Waals surface area contributed by atoms with E-state index in [0.717, 1.165) is 0 Å². The maximum Gasteiger partial charge on any atom is 0.405 e. The molecule has 132 valence electrons. The van der Waals surface area contributed by atoms with Gasteiger partial charge in [0.15, 0.2) is 0 Å². The Bertz CT molecular complexity index is 634. The van der Waals surface area contributed by atoms with Crippen LogP contribution in [0.1, 0.15) is 6.42 Å². The van der Waals surface area contributed by atoms with Crippen molar-refractivity contribution < 1.29 is 32.2 Å². The van der Waals surface area contributed by atoms with Crippen LogP contribution in [-0.2, 0) is 9.59 Å². The first kappa shape index (κ1) is 17.9. The van der Waals surface area contributed by atoms with Gasteiger partial charge in [0, 0.05) is 19.0 Å². The van der Waals surface area contributed by atoms with E-state index in [1.807, 2.05) is 5.32 Å². The minimum Gasteiger partial charge on any atom is -0.497 e. The number of benzene rings is 1. The van der Waals surface area contributed by atoms with Gasteiger partial charge in [-0.05, 0) is 12.1 Å². The second-order valence-corrected chi connectivity index (χ2v) is 5.28. The Morgan fingerprint density at radius 3 is 2.62 bits per heavy atom. The van der Waals surface area contributed by atoms with Crippen molar-refractivity contribution in [2.75, 3.05) is 32.2 Å². The molecule has 0 bridgehead atoms. The summed E-state index contributed by atoms with van der Waals surface area (Å²) in [5.41, 5.74) is 0.439. The van der Waals surface area contributed by atoms with Gasteiger partial charge in [-0.15, -0.1) is 0 Å². The van der Waals surface area contributed by atoms with Crippen LogP contribution in [0.15, 0.2) is 18.2 Å². The Hall–Kier alpha value is -2.45. The van der Waals surface area contributed by atoms with Gasteiger partial charge < -0.3 is 19.7 Å². The van der Waals surface area contributed by atoms with Crippen molar-refractivity contribution >= 4 is 17.5 Å². The molecule has 0 saturated carbocycles. The molecule has 1 heterocycles. The Labute approximate surface area is 136 Å². The molecule has 1 aromatic carbocycles. The van der Waals surface area contributed by atoms with Gasteiger partial charge in [-0.2, -0.15) is 13.2 Å². The van der Waals surface area contributed by atoms with Crippen molar-refractivity contribution in [1.82, 2.24) is 5.32 Å². The first-order chi connectivity index (χ1) is 11.2. The average Bonchev–Trinajstić information content (AvgIpc) is 2.93. The van der Waals surface area contributed by atoms with E-state index in [1.54, 1.807) is 18.2 Å². The van der Waals surface area contributed by atoms with E-state index in [0.29, 0.717) is 17.2 Å². The first-order valence-electron chi connectivity index (χ1n) is 7.12. The molecular formula is C15H17F3N2O4. The zero-order chi connectivity index (χ0) is 17.9. The van der Waals surface area contributed by atoms with E-state index in [9.17, 15) is 22.8 Å². The highest BCUT2D eigenvalue weighted by Gasteiger charge is 2.37. The Morgan fingerprint density at radius 2 is 2.04 bits per heavy atom. The second kappa shape index (κ2) is 6.98. The number of anilines is 1. The predicted molar refractivity (Wildman–Crippen MR) is 79.1 cm³/mol. The number of carbonyl (C=O) groups excluding carboxylic acids is 2. The molecule has 0 aliphatic carbocycles. The fraction of sp³-hybridized carbons (Fsp3) is 0.467. The van der Waals surface area contributed by atoms with Crippen LogP contribution in [0.4, 0.5) is 18.9 Å². The van der Waals surface area contributed by atoms with E-state index in [2.05, 4.69) is 0 Å². The monoisotopic (exact) mass is 346 g/mol. The highest BCUT2D eigenvalue weighted by Crippen LogP contribution is 2.35. The number of alkyl halides is 3. The molecule has 24 heavy (non-hydrogen) atoms. The smallest absolute Gasteiger partial charge is 0.405 e. The Kier molecular flexibility index (Phi) is 5.20. The normalized spacial score (nSPS) is 17.8. The minimum atomic E-state index is -4.49. The third-order valence-electron chi connectivity index (χ3n) is 3.64. The summed E-state index contributed by atoms with van der Waals surface area (Å²) in [6.07, 6.45) is -4.64. The number of hydrogen-bond donors (Lipinski definition) is 1. The van der Waals surface area contributed by atoms with Crippen molar-refractivity contribution in [3.8, 4) is 11.5 Å². The van der Waals surface area contributed by atoms with Crippen molar-refractivity contribution in [3.63, 3.8) is 0 Å². The van der Waals surface area contributed by atoms with Crippen LogP contribution in [0, 0.1) is 5.92 Å². The van der Waals surface area contributed by atoms with Crippen molar-refractivity contribution in [2.45, 2.75) is 12.6 Å². The molecular weight excluding hydrogens is 329 g/mol. The second-order valence-electron chi connectivity index (χ2n) is 5.28. The molecule has 1 unspecified atom stereocenters. The molecule has 1 aliphatic heterocycles. The van der Waals surface area contributed by atoms with Gasteiger partial charge in [-0.25, -0.2) is 0 Å². The predicted octanol–water partition coefficient (Wildman–Crippen LogP) is 1.74. The standard InChI is InChI=1S/C15H17F3N2O4/c1-23-10-3-4-11(12(6-10)24-2)20-7-9(5-13(20)21)14(22)19-8-15(16,17)18/h3-4,6,9H,5,7-8H2,1-2H3,(H,19,22). The van der Waals surface area contributed by atoms with Crippen LogP contribution in [0.5, 0.6) is 11.5 Å². The number of hydrogen-bond acceptors (Lipinski definition) is 4. The lowest BCUT2D eigenvalue weighted by Gasteiger charge is -2.20. The molecule has 0 aromatic heterocycles. The van der Waals surface area contributed by atoms with E-state index in [1.165, 1.54) is 19.1 Å². The highest BCUT2D eigenvalue weighted by molar-refractivity contribution is 6.01. The summed E-state index contributed by atoms with van der Waals surface area (Å²) < 4.78 is 46.8. The van der Waals surface area contributed by atoms with Crippen LogP contribution in [-0.4, -0.2) is 45.3 Å². The number of carbonyl (C=O) groups is 2. The number of halogens is 3. The molecule has 2 rings (SSSR count). The van der Waals surface area contributed by atoms with E-state index in [4.69, 9.17) is 9.47 Å². The molecule has 1 N–H and O–H groups in total. The van der Waals surface area contributed by atoms with Crippen LogP contribution < -0.4 is 19.7 Å². The molecule has 0 radical (unpaired) electrons. The third kappa shape index (κ3) is 4.09. The summed E-state index contributed by atoms with van der Waals surface area (Å²) >= 11 is 0. The van der Waals surface area contributed by atoms with Gasteiger partial charge in [0.25, 0.3) is 0 Å².